The number of nitrogens with two attached hydrogens (primary N) is 1. The number of nitrogens with one attached hydrogen (secondary N) is 1. The van der Waals surface area contributed by atoms with Crippen LogP contribution in [0.4, 0.5) is 0 Å². The van der Waals surface area contributed by atoms with E-state index >= 15 is 0 Å². The van der Waals surface area contributed by atoms with E-state index in [-0.39, 0.29) is 5.69 Å². The number of nitrogen functional groups attached to an aromatic ring is 1. The van der Waals surface area contributed by atoms with E-state index in [1.807, 2.05) is 5.43 Å². The lowest BCUT2D eigenvalue weighted by Gasteiger charge is -2.22. The van der Waals surface area contributed by atoms with Gasteiger partial charge in [0.1, 0.15) is 0 Å². The Hall–Kier alpha value is -1.47. The van der Waals surface area contributed by atoms with E-state index < -0.39 is 5.91 Å². The van der Waals surface area contributed by atoms with Gasteiger partial charge in [-0.05, 0) is 25.8 Å². The number of carbonyl (C=O) groups is 1. The molecule has 1 fully saturated rings. The van der Waals surface area contributed by atoms with Crippen molar-refractivity contribution in [2.75, 3.05) is 13.1 Å². The largest absolute Gasteiger partial charge is 0.299 e. The highest BCUT2D eigenvalue weighted by Gasteiger charge is 2.22. The molecule has 7 heteroatoms. The molecule has 1 unspecified atom stereocenters. The third-order valence-corrected chi connectivity index (χ3v) is 3.49. The normalized spacial score (nSPS) is 20.2. The number of rotatable bonds is 5. The van der Waals surface area contributed by atoms with E-state index in [1.54, 1.807) is 10.9 Å². The van der Waals surface area contributed by atoms with Crippen LogP contribution in [0, 0.1) is 0 Å². The molecule has 7 nitrogen and oxygen atoms in total. The number of likely N-dealkylation sites (tertiary alicyclic amines) is 1. The molecule has 0 aromatic carbocycles. The number of hydrogen-bond acceptors (Lipinski definition) is 5. The molecule has 1 aliphatic rings. The van der Waals surface area contributed by atoms with E-state index in [2.05, 4.69) is 22.1 Å². The van der Waals surface area contributed by atoms with Gasteiger partial charge in [-0.3, -0.25) is 19.8 Å². The minimum absolute atomic E-state index is 0.256. The molecule has 1 aromatic heterocycles. The third-order valence-electron chi connectivity index (χ3n) is 3.49. The highest BCUT2D eigenvalue weighted by atomic mass is 16.2. The molecule has 1 amide bonds. The Morgan fingerprint density at radius 1 is 1.61 bits per heavy atom. The first-order valence-corrected chi connectivity index (χ1v) is 6.39. The molecular formula is C11H20N6O. The van der Waals surface area contributed by atoms with Gasteiger partial charge in [0.15, 0.2) is 5.69 Å². The van der Waals surface area contributed by atoms with Crippen molar-refractivity contribution >= 4 is 5.91 Å². The molecule has 0 aliphatic carbocycles. The Morgan fingerprint density at radius 2 is 2.44 bits per heavy atom. The first-order valence-electron chi connectivity index (χ1n) is 6.39. The van der Waals surface area contributed by atoms with E-state index in [0.717, 1.165) is 19.6 Å². The fourth-order valence-corrected chi connectivity index (χ4v) is 2.47. The van der Waals surface area contributed by atoms with Crippen molar-refractivity contribution in [3.8, 4) is 0 Å². The Balaban J connectivity index is 1.86. The first kappa shape index (κ1) is 13.0. The van der Waals surface area contributed by atoms with E-state index in [0.29, 0.717) is 6.04 Å². The topological polar surface area (TPSA) is 89.1 Å². The van der Waals surface area contributed by atoms with Crippen molar-refractivity contribution in [3.05, 3.63) is 11.9 Å². The summed E-state index contributed by atoms with van der Waals surface area (Å²) in [4.78, 5) is 13.7. The highest BCUT2D eigenvalue weighted by molar-refractivity contribution is 5.91. The van der Waals surface area contributed by atoms with Crippen LogP contribution in [0.15, 0.2) is 6.20 Å². The van der Waals surface area contributed by atoms with E-state index in [9.17, 15) is 4.79 Å². The van der Waals surface area contributed by atoms with Crippen LogP contribution in [0.1, 0.15) is 36.7 Å². The number of amides is 1. The average Bonchev–Trinajstić information content (AvgIpc) is 3.03. The Bertz CT molecular complexity index is 404. The summed E-state index contributed by atoms with van der Waals surface area (Å²) in [5, 5.41) is 7.69. The van der Waals surface area contributed by atoms with Crippen molar-refractivity contribution < 1.29 is 4.79 Å². The minimum atomic E-state index is -0.408. The molecule has 1 aromatic rings. The van der Waals surface area contributed by atoms with Gasteiger partial charge in [-0.1, -0.05) is 12.1 Å². The lowest BCUT2D eigenvalue weighted by molar-refractivity contribution is 0.0948. The predicted octanol–water partition coefficient (Wildman–Crippen LogP) is -0.244. The Labute approximate surface area is 106 Å². The summed E-state index contributed by atoms with van der Waals surface area (Å²) < 4.78 is 1.69. The zero-order valence-corrected chi connectivity index (χ0v) is 10.7. The molecule has 18 heavy (non-hydrogen) atoms. The summed E-state index contributed by atoms with van der Waals surface area (Å²) >= 11 is 0. The molecule has 1 aliphatic heterocycles. The van der Waals surface area contributed by atoms with Gasteiger partial charge in [-0.25, -0.2) is 5.84 Å². The van der Waals surface area contributed by atoms with Crippen LogP contribution in [0.25, 0.3) is 0 Å². The molecule has 2 heterocycles. The standard InChI is InChI=1S/C11H20N6O/c1-2-9-4-3-5-16(9)6-7-17-8-10(14-15-17)11(18)13-12/h8-9H,2-7,12H2,1H3,(H,13,18). The lowest BCUT2D eigenvalue weighted by Crippen LogP contribution is -2.32. The van der Waals surface area contributed by atoms with Crippen LogP contribution in [0.5, 0.6) is 0 Å². The van der Waals surface area contributed by atoms with Gasteiger partial charge < -0.3 is 0 Å². The molecule has 1 saturated heterocycles. The molecule has 2 rings (SSSR count). The van der Waals surface area contributed by atoms with Crippen molar-refractivity contribution in [2.24, 2.45) is 5.84 Å². The van der Waals surface area contributed by atoms with Gasteiger partial charge in [0.2, 0.25) is 0 Å². The van der Waals surface area contributed by atoms with Crippen LogP contribution in [-0.4, -0.2) is 44.9 Å². The monoisotopic (exact) mass is 252 g/mol. The molecular weight excluding hydrogens is 232 g/mol. The summed E-state index contributed by atoms with van der Waals surface area (Å²) in [5.74, 6) is 4.63. The van der Waals surface area contributed by atoms with Crippen molar-refractivity contribution in [1.29, 1.82) is 0 Å². The van der Waals surface area contributed by atoms with Crippen LogP contribution < -0.4 is 11.3 Å². The van der Waals surface area contributed by atoms with E-state index in [4.69, 9.17) is 5.84 Å². The zero-order chi connectivity index (χ0) is 13.0. The summed E-state index contributed by atoms with van der Waals surface area (Å²) in [6.45, 7) is 5.08. The second kappa shape index (κ2) is 5.92. The molecule has 0 spiro atoms. The number of nitrogens with zero attached hydrogens (tertiary/aromatic N) is 4. The van der Waals surface area contributed by atoms with Crippen LogP contribution >= 0.6 is 0 Å². The smallest absolute Gasteiger partial charge is 0.287 e. The maximum absolute atomic E-state index is 11.2. The van der Waals surface area contributed by atoms with E-state index in [1.165, 1.54) is 19.3 Å². The molecule has 0 saturated carbocycles. The quantitative estimate of drug-likeness (QED) is 0.429. The fraction of sp³-hybridized carbons (Fsp3) is 0.727. The summed E-state index contributed by atoms with van der Waals surface area (Å²) in [6, 6.07) is 0.695. The second-order valence-electron chi connectivity index (χ2n) is 4.58. The fourth-order valence-electron chi connectivity index (χ4n) is 2.47. The van der Waals surface area contributed by atoms with Crippen molar-refractivity contribution in [2.45, 2.75) is 38.8 Å². The number of aromatic nitrogens is 3. The molecule has 1 atom stereocenters. The van der Waals surface area contributed by atoms with Crippen LogP contribution in [0.2, 0.25) is 0 Å². The maximum atomic E-state index is 11.2. The molecule has 0 bridgehead atoms. The first-order chi connectivity index (χ1) is 8.74. The molecule has 100 valence electrons. The van der Waals surface area contributed by atoms with Gasteiger partial charge in [0.25, 0.3) is 5.91 Å². The lowest BCUT2D eigenvalue weighted by atomic mass is 10.2. The zero-order valence-electron chi connectivity index (χ0n) is 10.7. The van der Waals surface area contributed by atoms with Gasteiger partial charge in [-0.15, -0.1) is 5.10 Å². The Morgan fingerprint density at radius 3 is 3.17 bits per heavy atom. The van der Waals surface area contributed by atoms with Gasteiger partial charge in [-0.2, -0.15) is 0 Å². The van der Waals surface area contributed by atoms with Crippen molar-refractivity contribution in [3.63, 3.8) is 0 Å². The highest BCUT2D eigenvalue weighted by Crippen LogP contribution is 2.19. The van der Waals surface area contributed by atoms with Gasteiger partial charge in [0, 0.05) is 12.6 Å². The number of carbonyl (C=O) groups excluding carboxylic acids is 1. The number of hydrazine groups is 1. The summed E-state index contributed by atoms with van der Waals surface area (Å²) in [7, 11) is 0. The minimum Gasteiger partial charge on any atom is -0.299 e. The second-order valence-corrected chi connectivity index (χ2v) is 4.58. The van der Waals surface area contributed by atoms with Crippen LogP contribution in [0.3, 0.4) is 0 Å². The summed E-state index contributed by atoms with van der Waals surface area (Å²) in [5.41, 5.74) is 2.30. The number of hydrogen-bond donors (Lipinski definition) is 2. The van der Waals surface area contributed by atoms with Crippen LogP contribution in [-0.2, 0) is 6.54 Å². The molecule has 0 radical (unpaired) electrons. The Kier molecular flexibility index (Phi) is 4.27. The summed E-state index contributed by atoms with van der Waals surface area (Å²) in [6.07, 6.45) is 5.38. The third kappa shape index (κ3) is 2.85. The van der Waals surface area contributed by atoms with Gasteiger partial charge >= 0.3 is 0 Å². The molecule has 3 N–H and O–H groups in total. The van der Waals surface area contributed by atoms with Crippen molar-refractivity contribution in [1.82, 2.24) is 25.3 Å². The maximum Gasteiger partial charge on any atom is 0.287 e. The SMILES string of the molecule is CCC1CCCN1CCn1cc(C(=O)NN)nn1. The predicted molar refractivity (Wildman–Crippen MR) is 66.6 cm³/mol. The van der Waals surface area contributed by atoms with Gasteiger partial charge in [0.05, 0.1) is 12.7 Å². The average molecular weight is 252 g/mol.